The van der Waals surface area contributed by atoms with Crippen LogP contribution < -0.4 is 11.1 Å². The molecule has 2 aromatic heterocycles. The van der Waals surface area contributed by atoms with E-state index in [4.69, 9.17) is 10.5 Å². The first kappa shape index (κ1) is 14.7. The van der Waals surface area contributed by atoms with Crippen molar-refractivity contribution >= 4 is 11.7 Å². The Bertz CT molecular complexity index is 628. The lowest BCUT2D eigenvalue weighted by molar-refractivity contribution is -0.126. The molecule has 2 atom stereocenters. The van der Waals surface area contributed by atoms with Crippen LogP contribution in [0.25, 0.3) is 0 Å². The predicted molar refractivity (Wildman–Crippen MR) is 81.1 cm³/mol. The number of nitrogens with zero attached hydrogens (tertiary/aromatic N) is 3. The number of nitrogens with one attached hydrogen (secondary N) is 1. The highest BCUT2D eigenvalue weighted by molar-refractivity contribution is 5.93. The number of nitrogens with two attached hydrogens (primary N) is 1. The summed E-state index contributed by atoms with van der Waals surface area (Å²) in [7, 11) is 0. The molecule has 0 bridgehead atoms. The molecule has 1 fully saturated rings. The predicted octanol–water partition coefficient (Wildman–Crippen LogP) is 0.771. The second-order valence-electron chi connectivity index (χ2n) is 5.30. The maximum absolute atomic E-state index is 12.1. The summed E-state index contributed by atoms with van der Waals surface area (Å²) in [6.07, 6.45) is 6.39. The topological polar surface area (TPSA) is 95.1 Å². The molecule has 3 N–H and O–H groups in total. The molecule has 0 saturated carbocycles. The minimum atomic E-state index is -0.432. The van der Waals surface area contributed by atoms with Crippen molar-refractivity contribution in [1.82, 2.24) is 14.8 Å². The number of hydrogen-bond donors (Lipinski definition) is 2. The number of ether oxygens (including phenoxy) is 1. The van der Waals surface area contributed by atoms with E-state index in [2.05, 4.69) is 15.4 Å². The Balaban J connectivity index is 1.56. The fraction of sp³-hybridized carbons (Fsp3) is 0.400. The average Bonchev–Trinajstić information content (AvgIpc) is 3.17. The summed E-state index contributed by atoms with van der Waals surface area (Å²) in [6.45, 7) is 1.08. The first-order valence-corrected chi connectivity index (χ1v) is 7.33. The molecule has 1 saturated heterocycles. The van der Waals surface area contributed by atoms with E-state index in [9.17, 15) is 4.79 Å². The van der Waals surface area contributed by atoms with Gasteiger partial charge in [-0.15, -0.1) is 0 Å². The molecule has 3 heterocycles. The van der Waals surface area contributed by atoms with Crippen molar-refractivity contribution in [3.8, 4) is 0 Å². The molecule has 116 valence electrons. The smallest absolute Gasteiger partial charge is 0.254 e. The first-order valence-electron chi connectivity index (χ1n) is 7.33. The molecule has 1 aliphatic rings. The highest BCUT2D eigenvalue weighted by atomic mass is 16.5. The van der Waals surface area contributed by atoms with Crippen molar-refractivity contribution in [1.29, 1.82) is 0 Å². The fourth-order valence-corrected chi connectivity index (χ4v) is 2.47. The number of hydrogen-bond acceptors (Lipinski definition) is 5. The zero-order chi connectivity index (χ0) is 15.4. The maximum Gasteiger partial charge on any atom is 0.254 e. The number of amides is 1. The third kappa shape index (κ3) is 3.49. The van der Waals surface area contributed by atoms with Crippen LogP contribution in [-0.4, -0.2) is 39.4 Å². The minimum Gasteiger partial charge on any atom is -0.364 e. The van der Waals surface area contributed by atoms with Crippen molar-refractivity contribution in [2.45, 2.75) is 31.6 Å². The monoisotopic (exact) mass is 301 g/mol. The summed E-state index contributed by atoms with van der Waals surface area (Å²) in [5.41, 5.74) is 6.65. The van der Waals surface area contributed by atoms with E-state index >= 15 is 0 Å². The Labute approximate surface area is 128 Å². The molecule has 22 heavy (non-hydrogen) atoms. The number of aromatic nitrogens is 3. The van der Waals surface area contributed by atoms with E-state index in [0.29, 0.717) is 25.3 Å². The molecule has 0 aliphatic carbocycles. The maximum atomic E-state index is 12.1. The Hall–Kier alpha value is -2.25. The van der Waals surface area contributed by atoms with Crippen molar-refractivity contribution in [2.75, 3.05) is 11.9 Å². The van der Waals surface area contributed by atoms with Gasteiger partial charge in [0.25, 0.3) is 5.91 Å². The lowest BCUT2D eigenvalue weighted by Gasteiger charge is -2.11. The van der Waals surface area contributed by atoms with Crippen LogP contribution in [0.2, 0.25) is 0 Å². The third-order valence-electron chi connectivity index (χ3n) is 3.65. The van der Waals surface area contributed by atoms with Crippen LogP contribution in [0.3, 0.4) is 0 Å². The van der Waals surface area contributed by atoms with Crippen molar-refractivity contribution in [3.05, 3.63) is 42.4 Å². The molecule has 1 aliphatic heterocycles. The largest absolute Gasteiger partial charge is 0.364 e. The van der Waals surface area contributed by atoms with Crippen molar-refractivity contribution < 1.29 is 9.53 Å². The molecule has 3 rings (SSSR count). The van der Waals surface area contributed by atoms with Gasteiger partial charge in [-0.2, -0.15) is 5.10 Å². The average molecular weight is 301 g/mol. The van der Waals surface area contributed by atoms with E-state index < -0.39 is 6.10 Å². The quantitative estimate of drug-likeness (QED) is 0.850. The second kappa shape index (κ2) is 6.67. The summed E-state index contributed by atoms with van der Waals surface area (Å²) in [5.74, 6) is 0.365. The molecule has 1 amide bonds. The van der Waals surface area contributed by atoms with Crippen LogP contribution >= 0.6 is 0 Å². The summed E-state index contributed by atoms with van der Waals surface area (Å²) >= 11 is 0. The lowest BCUT2D eigenvalue weighted by atomic mass is 10.2. The molecule has 0 unspecified atom stereocenters. The van der Waals surface area contributed by atoms with Gasteiger partial charge < -0.3 is 15.8 Å². The minimum absolute atomic E-state index is 0.0139. The second-order valence-corrected chi connectivity index (χ2v) is 5.30. The molecule has 7 heteroatoms. The van der Waals surface area contributed by atoms with Crippen LogP contribution in [-0.2, 0) is 16.1 Å². The molecule has 2 aromatic rings. The number of rotatable bonds is 5. The Morgan fingerprint density at radius 1 is 1.36 bits per heavy atom. The number of carbonyl (C=O) groups is 1. The molecule has 0 aromatic carbocycles. The number of carbonyl (C=O) groups excluding carboxylic acids is 1. The zero-order valence-corrected chi connectivity index (χ0v) is 12.2. The number of anilines is 1. The van der Waals surface area contributed by atoms with E-state index in [1.807, 2.05) is 18.3 Å². The molecular weight excluding hydrogens is 282 g/mol. The van der Waals surface area contributed by atoms with Gasteiger partial charge in [0.15, 0.2) is 5.82 Å². The van der Waals surface area contributed by atoms with E-state index in [0.717, 1.165) is 12.0 Å². The SMILES string of the molecule is NC[C@H]1CC[C@@H](C(=O)Nc2ccn(Cc3ccncc3)n2)O1. The van der Waals surface area contributed by atoms with Gasteiger partial charge in [-0.25, -0.2) is 0 Å². The van der Waals surface area contributed by atoms with Gasteiger partial charge in [-0.3, -0.25) is 14.5 Å². The summed E-state index contributed by atoms with van der Waals surface area (Å²) in [4.78, 5) is 16.1. The zero-order valence-electron chi connectivity index (χ0n) is 12.2. The lowest BCUT2D eigenvalue weighted by Crippen LogP contribution is -2.30. The highest BCUT2D eigenvalue weighted by Crippen LogP contribution is 2.20. The summed E-state index contributed by atoms with van der Waals surface area (Å²) < 4.78 is 7.34. The van der Waals surface area contributed by atoms with Gasteiger partial charge >= 0.3 is 0 Å². The van der Waals surface area contributed by atoms with Gasteiger partial charge in [-0.1, -0.05) is 0 Å². The van der Waals surface area contributed by atoms with Gasteiger partial charge in [0.05, 0.1) is 12.6 Å². The van der Waals surface area contributed by atoms with Crippen LogP contribution in [0.15, 0.2) is 36.8 Å². The molecule has 7 nitrogen and oxygen atoms in total. The van der Waals surface area contributed by atoms with Crippen LogP contribution in [0.4, 0.5) is 5.82 Å². The normalized spacial score (nSPS) is 21.0. The van der Waals surface area contributed by atoms with Gasteiger partial charge in [-0.05, 0) is 30.5 Å². The number of pyridine rings is 1. The van der Waals surface area contributed by atoms with Gasteiger partial charge in [0.1, 0.15) is 6.10 Å². The van der Waals surface area contributed by atoms with E-state index in [1.165, 1.54) is 0 Å². The Morgan fingerprint density at radius 3 is 2.91 bits per heavy atom. The highest BCUT2D eigenvalue weighted by Gasteiger charge is 2.30. The first-order chi connectivity index (χ1) is 10.7. The van der Waals surface area contributed by atoms with Crippen molar-refractivity contribution in [3.63, 3.8) is 0 Å². The summed E-state index contributed by atoms with van der Waals surface area (Å²) in [6, 6.07) is 5.63. The molecule has 0 spiro atoms. The van der Waals surface area contributed by atoms with E-state index in [1.54, 1.807) is 23.1 Å². The Kier molecular flexibility index (Phi) is 4.45. The third-order valence-corrected chi connectivity index (χ3v) is 3.65. The van der Waals surface area contributed by atoms with E-state index in [-0.39, 0.29) is 12.0 Å². The Morgan fingerprint density at radius 2 is 2.18 bits per heavy atom. The van der Waals surface area contributed by atoms with Gasteiger partial charge in [0, 0.05) is 31.2 Å². The van der Waals surface area contributed by atoms with Gasteiger partial charge in [0.2, 0.25) is 0 Å². The molecular formula is C15H19N5O2. The van der Waals surface area contributed by atoms with Crippen molar-refractivity contribution in [2.24, 2.45) is 5.73 Å². The fourth-order valence-electron chi connectivity index (χ4n) is 2.47. The van der Waals surface area contributed by atoms with Crippen LogP contribution in [0.5, 0.6) is 0 Å². The molecule has 0 radical (unpaired) electrons. The van der Waals surface area contributed by atoms with Crippen LogP contribution in [0, 0.1) is 0 Å². The summed E-state index contributed by atoms with van der Waals surface area (Å²) in [5, 5.41) is 7.13. The standard InChI is InChI=1S/C15H19N5O2/c16-9-12-1-2-13(22-12)15(21)18-14-5-8-20(19-14)10-11-3-6-17-7-4-11/h3-8,12-13H,1-2,9-10,16H2,(H,18,19,21)/t12-,13+/m1/s1. The van der Waals surface area contributed by atoms with Crippen LogP contribution in [0.1, 0.15) is 18.4 Å².